The first-order valence-electron chi connectivity index (χ1n) is 4.97. The van der Waals surface area contributed by atoms with E-state index in [1.165, 1.54) is 17.6 Å². The van der Waals surface area contributed by atoms with E-state index in [1.54, 1.807) is 6.07 Å². The van der Waals surface area contributed by atoms with Gasteiger partial charge in [0.05, 0.1) is 0 Å². The van der Waals surface area contributed by atoms with Crippen LogP contribution in [0.15, 0.2) is 18.2 Å². The molecule has 0 aliphatic carbocycles. The largest absolute Gasteiger partial charge is 0.348 e. The fraction of sp³-hybridized carbons (Fsp3) is 0.300. The maximum Gasteiger partial charge on any atom is 0.227 e. The van der Waals surface area contributed by atoms with Gasteiger partial charge in [-0.05, 0) is 29.3 Å². The van der Waals surface area contributed by atoms with Crippen molar-refractivity contribution in [3.63, 3.8) is 0 Å². The molecule has 0 atom stereocenters. The molecule has 0 N–H and O–H groups in total. The Morgan fingerprint density at radius 2 is 2.12 bits per heavy atom. The second-order valence-electron chi connectivity index (χ2n) is 3.56. The lowest BCUT2D eigenvalue weighted by Crippen LogP contribution is -2.20. The Bertz CT molecular complexity index is 489. The lowest BCUT2D eigenvalue weighted by Gasteiger charge is -2.14. The number of likely N-dealkylation sites (N-methyl/N-ethyl adjacent to an activating group) is 1. The van der Waals surface area contributed by atoms with E-state index in [4.69, 9.17) is 0 Å². The standard InChI is InChI=1S/C10H10F2N4S/c1-16(10-13-14-15-17-10)5-4-7-2-3-8(11)9(12)6-7/h2-3,6H,4-5H2,1H3. The van der Waals surface area contributed by atoms with Crippen LogP contribution in [0.4, 0.5) is 13.9 Å². The smallest absolute Gasteiger partial charge is 0.227 e. The Hall–Kier alpha value is -1.63. The summed E-state index contributed by atoms with van der Waals surface area (Å²) in [6.45, 7) is 0.641. The number of hydrogen-bond donors (Lipinski definition) is 0. The normalized spacial score (nSPS) is 10.5. The van der Waals surface area contributed by atoms with Gasteiger partial charge in [-0.15, -0.1) is 0 Å². The van der Waals surface area contributed by atoms with Crippen molar-refractivity contribution in [2.45, 2.75) is 6.42 Å². The summed E-state index contributed by atoms with van der Waals surface area (Å²) in [5, 5.41) is 8.00. The molecule has 1 aromatic carbocycles. The molecule has 2 rings (SSSR count). The Morgan fingerprint density at radius 1 is 1.29 bits per heavy atom. The molecule has 4 nitrogen and oxygen atoms in total. The molecular weight excluding hydrogens is 246 g/mol. The van der Waals surface area contributed by atoms with Crippen LogP contribution < -0.4 is 4.90 Å². The summed E-state index contributed by atoms with van der Waals surface area (Å²) in [4.78, 5) is 1.87. The summed E-state index contributed by atoms with van der Waals surface area (Å²) in [5.74, 6) is -1.64. The first-order valence-corrected chi connectivity index (χ1v) is 5.74. The van der Waals surface area contributed by atoms with Crippen LogP contribution in [0.25, 0.3) is 0 Å². The molecule has 1 heterocycles. The van der Waals surface area contributed by atoms with E-state index in [9.17, 15) is 8.78 Å². The van der Waals surface area contributed by atoms with Gasteiger partial charge in [0.25, 0.3) is 0 Å². The van der Waals surface area contributed by atoms with Gasteiger partial charge >= 0.3 is 0 Å². The van der Waals surface area contributed by atoms with E-state index >= 15 is 0 Å². The van der Waals surface area contributed by atoms with Crippen LogP contribution in [-0.4, -0.2) is 28.4 Å². The highest BCUT2D eigenvalue weighted by Crippen LogP contribution is 2.13. The van der Waals surface area contributed by atoms with Gasteiger partial charge in [-0.25, -0.2) is 8.78 Å². The van der Waals surface area contributed by atoms with Gasteiger partial charge in [0.2, 0.25) is 5.13 Å². The fourth-order valence-electron chi connectivity index (χ4n) is 1.36. The van der Waals surface area contributed by atoms with Gasteiger partial charge in [-0.2, -0.15) is 0 Å². The van der Waals surface area contributed by atoms with Crippen molar-refractivity contribution >= 4 is 16.7 Å². The van der Waals surface area contributed by atoms with Crippen molar-refractivity contribution in [1.82, 2.24) is 14.8 Å². The first kappa shape index (κ1) is 11.8. The van der Waals surface area contributed by atoms with E-state index in [2.05, 4.69) is 14.8 Å². The zero-order valence-electron chi connectivity index (χ0n) is 9.10. The molecule has 0 amide bonds. The molecule has 0 unspecified atom stereocenters. The predicted octanol–water partition coefficient (Wildman–Crippen LogP) is 1.89. The average molecular weight is 256 g/mol. The van der Waals surface area contributed by atoms with Crippen molar-refractivity contribution < 1.29 is 8.78 Å². The van der Waals surface area contributed by atoms with E-state index < -0.39 is 11.6 Å². The number of rotatable bonds is 4. The third kappa shape index (κ3) is 2.94. The van der Waals surface area contributed by atoms with Crippen molar-refractivity contribution in [1.29, 1.82) is 0 Å². The number of nitrogens with zero attached hydrogens (tertiary/aromatic N) is 4. The van der Waals surface area contributed by atoms with Crippen LogP contribution in [0, 0.1) is 11.6 Å². The fourth-order valence-corrected chi connectivity index (χ4v) is 1.81. The topological polar surface area (TPSA) is 41.9 Å². The maximum atomic E-state index is 13.0. The molecule has 0 aliphatic rings. The van der Waals surface area contributed by atoms with Gasteiger partial charge in [0, 0.05) is 25.1 Å². The SMILES string of the molecule is CN(CCc1ccc(F)c(F)c1)c1nnns1. The molecule has 0 bridgehead atoms. The maximum absolute atomic E-state index is 13.0. The quantitative estimate of drug-likeness (QED) is 0.837. The first-order chi connectivity index (χ1) is 8.16. The molecule has 0 fully saturated rings. The van der Waals surface area contributed by atoms with Crippen molar-refractivity contribution in [2.75, 3.05) is 18.5 Å². The van der Waals surface area contributed by atoms with E-state index in [0.29, 0.717) is 18.1 Å². The van der Waals surface area contributed by atoms with Crippen LogP contribution in [0.5, 0.6) is 0 Å². The number of halogens is 2. The average Bonchev–Trinajstić information content (AvgIpc) is 2.84. The van der Waals surface area contributed by atoms with Crippen LogP contribution in [0.2, 0.25) is 0 Å². The predicted molar refractivity (Wildman–Crippen MR) is 61.0 cm³/mol. The summed E-state index contributed by atoms with van der Waals surface area (Å²) in [6.07, 6.45) is 0.604. The lowest BCUT2D eigenvalue weighted by atomic mass is 10.1. The van der Waals surface area contributed by atoms with Crippen LogP contribution >= 0.6 is 11.5 Å². The Kier molecular flexibility index (Phi) is 3.58. The molecule has 1 aromatic heterocycles. The van der Waals surface area contributed by atoms with Gasteiger partial charge in [-0.1, -0.05) is 15.7 Å². The Labute approximate surface area is 101 Å². The number of hydrogen-bond acceptors (Lipinski definition) is 5. The van der Waals surface area contributed by atoms with Gasteiger partial charge < -0.3 is 4.90 Å². The summed E-state index contributed by atoms with van der Waals surface area (Å²) in [6, 6.07) is 3.92. The van der Waals surface area contributed by atoms with E-state index in [-0.39, 0.29) is 0 Å². The minimum Gasteiger partial charge on any atom is -0.348 e. The highest BCUT2D eigenvalue weighted by molar-refractivity contribution is 7.09. The molecule has 0 saturated heterocycles. The lowest BCUT2D eigenvalue weighted by molar-refractivity contribution is 0.507. The second kappa shape index (κ2) is 5.13. The van der Waals surface area contributed by atoms with Crippen LogP contribution in [0.1, 0.15) is 5.56 Å². The molecule has 0 saturated carbocycles. The van der Waals surface area contributed by atoms with Crippen molar-refractivity contribution in [3.8, 4) is 0 Å². The Balaban J connectivity index is 1.96. The molecule has 0 aliphatic heterocycles. The second-order valence-corrected chi connectivity index (χ2v) is 4.28. The van der Waals surface area contributed by atoms with E-state index in [1.807, 2.05) is 11.9 Å². The third-order valence-electron chi connectivity index (χ3n) is 2.34. The van der Waals surface area contributed by atoms with Crippen molar-refractivity contribution in [2.24, 2.45) is 0 Å². The Morgan fingerprint density at radius 3 is 2.76 bits per heavy atom. The minimum atomic E-state index is -0.824. The summed E-state index contributed by atoms with van der Waals surface area (Å²) in [5.41, 5.74) is 0.744. The van der Waals surface area contributed by atoms with Crippen LogP contribution in [0.3, 0.4) is 0 Å². The molecule has 0 radical (unpaired) electrons. The minimum absolute atomic E-state index is 0.604. The molecular formula is C10H10F2N4S. The van der Waals surface area contributed by atoms with Gasteiger partial charge in [-0.3, -0.25) is 0 Å². The summed E-state index contributed by atoms with van der Waals surface area (Å²) >= 11 is 1.19. The van der Waals surface area contributed by atoms with E-state index in [0.717, 1.165) is 11.6 Å². The monoisotopic (exact) mass is 256 g/mol. The molecule has 17 heavy (non-hydrogen) atoms. The zero-order valence-corrected chi connectivity index (χ0v) is 9.92. The molecule has 90 valence electrons. The van der Waals surface area contributed by atoms with Gasteiger partial charge in [0.15, 0.2) is 11.6 Å². The third-order valence-corrected chi connectivity index (χ3v) is 3.05. The zero-order chi connectivity index (χ0) is 12.3. The molecule has 0 spiro atoms. The number of aromatic nitrogens is 3. The summed E-state index contributed by atoms with van der Waals surface area (Å²) in [7, 11) is 1.85. The molecule has 7 heteroatoms. The number of benzene rings is 1. The molecule has 2 aromatic rings. The van der Waals surface area contributed by atoms with Crippen molar-refractivity contribution in [3.05, 3.63) is 35.4 Å². The van der Waals surface area contributed by atoms with Crippen LogP contribution in [-0.2, 0) is 6.42 Å². The highest BCUT2D eigenvalue weighted by Gasteiger charge is 2.07. The number of anilines is 1. The highest BCUT2D eigenvalue weighted by atomic mass is 32.1. The van der Waals surface area contributed by atoms with Gasteiger partial charge in [0.1, 0.15) is 0 Å². The summed E-state index contributed by atoms with van der Waals surface area (Å²) < 4.78 is 29.3.